The van der Waals surface area contributed by atoms with Crippen molar-refractivity contribution in [2.24, 2.45) is 0 Å². The standard InChI is InChI=1S/C19H20N2O5S/c1-11-5-6-12(10-14(11)21-18(23)15-4-3-8-26-15)17(22)20-13-7-9-27-16(13)19(24)25-2/h5-7,9-10,15H,3-4,8H2,1-2H3,(H,20,22)(H,21,23). The summed E-state index contributed by atoms with van der Waals surface area (Å²) in [6.45, 7) is 2.43. The number of thiophene rings is 1. The zero-order valence-electron chi connectivity index (χ0n) is 15.0. The van der Waals surface area contributed by atoms with E-state index in [1.165, 1.54) is 18.4 Å². The second-order valence-corrected chi connectivity index (χ2v) is 7.05. The summed E-state index contributed by atoms with van der Waals surface area (Å²) < 4.78 is 10.1. The fourth-order valence-electron chi connectivity index (χ4n) is 2.75. The van der Waals surface area contributed by atoms with Crippen molar-refractivity contribution in [2.45, 2.75) is 25.9 Å². The molecule has 1 aliphatic heterocycles. The van der Waals surface area contributed by atoms with Gasteiger partial charge < -0.3 is 20.1 Å². The van der Waals surface area contributed by atoms with E-state index in [-0.39, 0.29) is 11.8 Å². The highest BCUT2D eigenvalue weighted by atomic mass is 32.1. The summed E-state index contributed by atoms with van der Waals surface area (Å²) in [5, 5.41) is 7.24. The number of ether oxygens (including phenoxy) is 2. The topological polar surface area (TPSA) is 93.7 Å². The zero-order chi connectivity index (χ0) is 19.4. The molecule has 1 aliphatic rings. The van der Waals surface area contributed by atoms with E-state index >= 15 is 0 Å². The number of hydrogen-bond donors (Lipinski definition) is 2. The molecule has 2 heterocycles. The molecule has 2 amide bonds. The number of esters is 1. The minimum Gasteiger partial charge on any atom is -0.465 e. The van der Waals surface area contributed by atoms with Crippen LogP contribution < -0.4 is 10.6 Å². The predicted molar refractivity (Wildman–Crippen MR) is 102 cm³/mol. The second kappa shape index (κ2) is 8.32. The van der Waals surface area contributed by atoms with E-state index < -0.39 is 12.1 Å². The third-order valence-corrected chi connectivity index (χ3v) is 5.16. The van der Waals surface area contributed by atoms with E-state index in [0.717, 1.165) is 12.0 Å². The number of carbonyl (C=O) groups excluding carboxylic acids is 3. The van der Waals surface area contributed by atoms with E-state index in [4.69, 9.17) is 9.47 Å². The average Bonchev–Trinajstić information content (AvgIpc) is 3.34. The molecule has 0 saturated carbocycles. The van der Waals surface area contributed by atoms with Crippen LogP contribution in [0, 0.1) is 6.92 Å². The Morgan fingerprint density at radius 2 is 2.00 bits per heavy atom. The largest absolute Gasteiger partial charge is 0.465 e. The SMILES string of the molecule is COC(=O)c1sccc1NC(=O)c1ccc(C)c(NC(=O)C2CCCO2)c1. The van der Waals surface area contributed by atoms with Gasteiger partial charge in [-0.3, -0.25) is 9.59 Å². The van der Waals surface area contributed by atoms with Gasteiger partial charge >= 0.3 is 5.97 Å². The van der Waals surface area contributed by atoms with E-state index in [1.807, 2.05) is 6.92 Å². The molecular formula is C19H20N2O5S. The van der Waals surface area contributed by atoms with Crippen molar-refractivity contribution in [3.8, 4) is 0 Å². The van der Waals surface area contributed by atoms with E-state index in [0.29, 0.717) is 34.8 Å². The number of methoxy groups -OCH3 is 1. The van der Waals surface area contributed by atoms with Crippen molar-refractivity contribution in [1.29, 1.82) is 0 Å². The smallest absolute Gasteiger partial charge is 0.350 e. The first-order valence-electron chi connectivity index (χ1n) is 8.50. The molecule has 1 unspecified atom stereocenters. The van der Waals surface area contributed by atoms with Crippen LogP contribution in [0.5, 0.6) is 0 Å². The van der Waals surface area contributed by atoms with Crippen LogP contribution in [0.25, 0.3) is 0 Å². The van der Waals surface area contributed by atoms with Gasteiger partial charge in [0, 0.05) is 17.9 Å². The van der Waals surface area contributed by atoms with E-state index in [1.54, 1.807) is 29.6 Å². The maximum Gasteiger partial charge on any atom is 0.350 e. The number of rotatable bonds is 5. The molecule has 1 saturated heterocycles. The fraction of sp³-hybridized carbons (Fsp3) is 0.316. The number of amides is 2. The highest BCUT2D eigenvalue weighted by Crippen LogP contribution is 2.25. The maximum absolute atomic E-state index is 12.6. The van der Waals surface area contributed by atoms with Crippen LogP contribution in [0.1, 0.15) is 38.4 Å². The van der Waals surface area contributed by atoms with Gasteiger partial charge in [-0.1, -0.05) is 6.07 Å². The molecule has 7 nitrogen and oxygen atoms in total. The molecule has 0 spiro atoms. The lowest BCUT2D eigenvalue weighted by Crippen LogP contribution is -2.27. The molecule has 1 fully saturated rings. The molecule has 2 N–H and O–H groups in total. The van der Waals surface area contributed by atoms with Crippen molar-refractivity contribution < 1.29 is 23.9 Å². The van der Waals surface area contributed by atoms with Crippen LogP contribution >= 0.6 is 11.3 Å². The van der Waals surface area contributed by atoms with Gasteiger partial charge in [0.25, 0.3) is 11.8 Å². The Hall–Kier alpha value is -2.71. The summed E-state index contributed by atoms with van der Waals surface area (Å²) in [6.07, 6.45) is 1.11. The first kappa shape index (κ1) is 19.1. The van der Waals surface area contributed by atoms with Crippen molar-refractivity contribution in [3.63, 3.8) is 0 Å². The average molecular weight is 388 g/mol. The number of hydrogen-bond acceptors (Lipinski definition) is 6. The zero-order valence-corrected chi connectivity index (χ0v) is 15.9. The maximum atomic E-state index is 12.6. The van der Waals surface area contributed by atoms with Gasteiger partial charge in [-0.05, 0) is 48.9 Å². The van der Waals surface area contributed by atoms with Gasteiger partial charge in [0.15, 0.2) is 0 Å². The van der Waals surface area contributed by atoms with Crippen molar-refractivity contribution in [1.82, 2.24) is 0 Å². The Kier molecular flexibility index (Phi) is 5.88. The Bertz CT molecular complexity index is 871. The summed E-state index contributed by atoms with van der Waals surface area (Å²) in [5.41, 5.74) is 2.15. The summed E-state index contributed by atoms with van der Waals surface area (Å²) in [6, 6.07) is 6.68. The third kappa shape index (κ3) is 4.35. The number of benzene rings is 1. The molecule has 8 heteroatoms. The van der Waals surface area contributed by atoms with Crippen LogP contribution in [-0.2, 0) is 14.3 Å². The lowest BCUT2D eigenvalue weighted by atomic mass is 10.1. The Labute approximate surface area is 160 Å². The van der Waals surface area contributed by atoms with Crippen molar-refractivity contribution >= 4 is 40.5 Å². The van der Waals surface area contributed by atoms with Crippen LogP contribution in [0.2, 0.25) is 0 Å². The minimum atomic E-state index is -0.506. The number of nitrogens with one attached hydrogen (secondary N) is 2. The van der Waals surface area contributed by atoms with Crippen molar-refractivity contribution in [2.75, 3.05) is 24.4 Å². The summed E-state index contributed by atoms with van der Waals surface area (Å²) in [7, 11) is 1.29. The normalized spacial score (nSPS) is 16.0. The predicted octanol–water partition coefficient (Wildman–Crippen LogP) is 3.21. The number of carbonyl (C=O) groups is 3. The van der Waals surface area contributed by atoms with Crippen LogP contribution in [0.15, 0.2) is 29.6 Å². The summed E-state index contributed by atoms with van der Waals surface area (Å²) in [4.78, 5) is 36.9. The summed E-state index contributed by atoms with van der Waals surface area (Å²) >= 11 is 1.19. The molecule has 0 radical (unpaired) electrons. The molecule has 2 aromatic rings. The highest BCUT2D eigenvalue weighted by Gasteiger charge is 2.24. The monoisotopic (exact) mass is 388 g/mol. The molecule has 0 aliphatic carbocycles. The fourth-order valence-corrected chi connectivity index (χ4v) is 3.51. The number of anilines is 2. The first-order valence-corrected chi connectivity index (χ1v) is 9.38. The Morgan fingerprint density at radius 1 is 1.19 bits per heavy atom. The van der Waals surface area contributed by atoms with Gasteiger partial charge in [0.2, 0.25) is 0 Å². The quantitative estimate of drug-likeness (QED) is 0.767. The van der Waals surface area contributed by atoms with Gasteiger partial charge in [0.05, 0.1) is 12.8 Å². The van der Waals surface area contributed by atoms with Gasteiger partial charge in [-0.2, -0.15) is 0 Å². The molecule has 0 bridgehead atoms. The first-order chi connectivity index (χ1) is 13.0. The molecule has 1 aromatic carbocycles. The molecule has 27 heavy (non-hydrogen) atoms. The number of aryl methyl sites for hydroxylation is 1. The molecule has 1 atom stereocenters. The van der Waals surface area contributed by atoms with Crippen LogP contribution in [0.4, 0.5) is 11.4 Å². The lowest BCUT2D eigenvalue weighted by molar-refractivity contribution is -0.124. The molecule has 3 rings (SSSR count). The summed E-state index contributed by atoms with van der Waals surface area (Å²) in [5.74, 6) is -1.10. The van der Waals surface area contributed by atoms with E-state index in [2.05, 4.69) is 10.6 Å². The second-order valence-electron chi connectivity index (χ2n) is 6.13. The Morgan fingerprint density at radius 3 is 2.70 bits per heavy atom. The Balaban J connectivity index is 1.75. The van der Waals surface area contributed by atoms with Gasteiger partial charge in [0.1, 0.15) is 11.0 Å². The molecular weight excluding hydrogens is 368 g/mol. The molecule has 1 aromatic heterocycles. The van der Waals surface area contributed by atoms with Crippen LogP contribution in [0.3, 0.4) is 0 Å². The minimum absolute atomic E-state index is 0.209. The van der Waals surface area contributed by atoms with Gasteiger partial charge in [-0.25, -0.2) is 4.79 Å². The van der Waals surface area contributed by atoms with Crippen LogP contribution in [-0.4, -0.2) is 37.6 Å². The van der Waals surface area contributed by atoms with E-state index in [9.17, 15) is 14.4 Å². The van der Waals surface area contributed by atoms with Gasteiger partial charge in [-0.15, -0.1) is 11.3 Å². The lowest BCUT2D eigenvalue weighted by Gasteiger charge is -2.14. The van der Waals surface area contributed by atoms with Crippen molar-refractivity contribution in [3.05, 3.63) is 45.6 Å². The molecule has 142 valence electrons. The third-order valence-electron chi connectivity index (χ3n) is 4.26. The highest BCUT2D eigenvalue weighted by molar-refractivity contribution is 7.12.